The highest BCUT2D eigenvalue weighted by Crippen LogP contribution is 2.27. The third kappa shape index (κ3) is 3.44. The predicted octanol–water partition coefficient (Wildman–Crippen LogP) is 2.67. The van der Waals surface area contributed by atoms with E-state index in [4.69, 9.17) is 9.47 Å². The Morgan fingerprint density at radius 2 is 1.83 bits per heavy atom. The summed E-state index contributed by atoms with van der Waals surface area (Å²) in [6.45, 7) is 1.57. The van der Waals surface area contributed by atoms with E-state index >= 15 is 0 Å². The van der Waals surface area contributed by atoms with Gasteiger partial charge in [-0.05, 0) is 42.7 Å². The van der Waals surface area contributed by atoms with Crippen molar-refractivity contribution in [1.29, 1.82) is 0 Å². The predicted molar refractivity (Wildman–Crippen MR) is 86.5 cm³/mol. The number of amides is 1. The number of carbonyl (C=O) groups excluding carboxylic acids is 2. The van der Waals surface area contributed by atoms with Crippen molar-refractivity contribution in [2.75, 3.05) is 7.11 Å². The molecule has 0 unspecified atom stereocenters. The Balaban J connectivity index is 1.80. The quantitative estimate of drug-likeness (QED) is 0.862. The maximum Gasteiger partial charge on any atom is 0.342 e. The molecule has 0 bridgehead atoms. The molecule has 1 fully saturated rings. The minimum Gasteiger partial charge on any atom is -0.496 e. The monoisotopic (exact) mass is 313 g/mol. The summed E-state index contributed by atoms with van der Waals surface area (Å²) in [6, 6.07) is 11.4. The molecule has 0 aromatic heterocycles. The standard InChI is InChI=1S/C18H19NO4/c1-11(17(20)19-14-7-8-14)23-18(21)15-9-12-5-3-4-6-13(12)10-16(15)22-2/h3-6,9-11,14H,7-8H2,1-2H3,(H,19,20)/t11-/m0/s1. The molecule has 1 aliphatic carbocycles. The number of ether oxygens (including phenoxy) is 2. The van der Waals surface area contributed by atoms with Gasteiger partial charge in [0, 0.05) is 6.04 Å². The number of rotatable bonds is 5. The lowest BCUT2D eigenvalue weighted by molar-refractivity contribution is -0.129. The molecule has 1 N–H and O–H groups in total. The summed E-state index contributed by atoms with van der Waals surface area (Å²) in [5.41, 5.74) is 0.317. The van der Waals surface area contributed by atoms with Gasteiger partial charge in [-0.3, -0.25) is 4.79 Å². The lowest BCUT2D eigenvalue weighted by Gasteiger charge is -2.15. The molecule has 120 valence electrons. The van der Waals surface area contributed by atoms with Gasteiger partial charge in [-0.25, -0.2) is 4.79 Å². The Labute approximate surface area is 134 Å². The smallest absolute Gasteiger partial charge is 0.342 e. The van der Waals surface area contributed by atoms with Crippen LogP contribution in [-0.4, -0.2) is 31.1 Å². The Morgan fingerprint density at radius 1 is 1.17 bits per heavy atom. The van der Waals surface area contributed by atoms with Crippen LogP contribution in [0, 0.1) is 0 Å². The summed E-state index contributed by atoms with van der Waals surface area (Å²) in [6.07, 6.45) is 1.15. The molecule has 0 saturated heterocycles. The SMILES string of the molecule is COc1cc2ccccc2cc1C(=O)O[C@@H](C)C(=O)NC1CC1. The van der Waals surface area contributed by atoms with Gasteiger partial charge in [-0.15, -0.1) is 0 Å². The number of hydrogen-bond donors (Lipinski definition) is 1. The van der Waals surface area contributed by atoms with Crippen LogP contribution in [0.5, 0.6) is 5.75 Å². The first-order chi connectivity index (χ1) is 11.1. The number of benzene rings is 2. The van der Waals surface area contributed by atoms with Crippen LogP contribution in [0.15, 0.2) is 36.4 Å². The molecule has 0 spiro atoms. The average molecular weight is 313 g/mol. The lowest BCUT2D eigenvalue weighted by Crippen LogP contribution is -2.37. The first kappa shape index (κ1) is 15.3. The van der Waals surface area contributed by atoms with E-state index in [2.05, 4.69) is 5.32 Å². The number of nitrogens with one attached hydrogen (secondary N) is 1. The van der Waals surface area contributed by atoms with E-state index < -0.39 is 12.1 Å². The van der Waals surface area contributed by atoms with E-state index in [-0.39, 0.29) is 11.9 Å². The molecule has 23 heavy (non-hydrogen) atoms. The first-order valence-electron chi connectivity index (χ1n) is 7.66. The summed E-state index contributed by atoms with van der Waals surface area (Å²) in [5.74, 6) is -0.393. The number of hydrogen-bond acceptors (Lipinski definition) is 4. The molecule has 5 nitrogen and oxygen atoms in total. The van der Waals surface area contributed by atoms with E-state index in [0.29, 0.717) is 11.3 Å². The molecule has 2 aromatic carbocycles. The van der Waals surface area contributed by atoms with E-state index in [1.807, 2.05) is 24.3 Å². The Bertz CT molecular complexity index is 752. The van der Waals surface area contributed by atoms with Gasteiger partial charge in [-0.2, -0.15) is 0 Å². The summed E-state index contributed by atoms with van der Waals surface area (Å²) < 4.78 is 10.6. The second kappa shape index (κ2) is 6.28. The zero-order valence-corrected chi connectivity index (χ0v) is 13.2. The number of fused-ring (bicyclic) bond motifs is 1. The third-order valence-corrected chi connectivity index (χ3v) is 3.86. The molecular formula is C18H19NO4. The van der Waals surface area contributed by atoms with Crippen LogP contribution in [0.4, 0.5) is 0 Å². The Morgan fingerprint density at radius 3 is 2.43 bits per heavy atom. The van der Waals surface area contributed by atoms with Crippen LogP contribution >= 0.6 is 0 Å². The molecular weight excluding hydrogens is 294 g/mol. The maximum absolute atomic E-state index is 12.4. The molecule has 1 saturated carbocycles. The fourth-order valence-corrected chi connectivity index (χ4v) is 2.37. The van der Waals surface area contributed by atoms with Gasteiger partial charge in [0.1, 0.15) is 11.3 Å². The van der Waals surface area contributed by atoms with Crippen molar-refractivity contribution in [2.24, 2.45) is 0 Å². The van der Waals surface area contributed by atoms with Crippen LogP contribution in [0.25, 0.3) is 10.8 Å². The second-order valence-corrected chi connectivity index (χ2v) is 5.73. The van der Waals surface area contributed by atoms with Gasteiger partial charge in [0.15, 0.2) is 6.10 Å². The molecule has 1 amide bonds. The first-order valence-corrected chi connectivity index (χ1v) is 7.66. The van der Waals surface area contributed by atoms with Crippen molar-refractivity contribution in [3.63, 3.8) is 0 Å². The van der Waals surface area contributed by atoms with E-state index in [1.165, 1.54) is 7.11 Å². The highest BCUT2D eigenvalue weighted by molar-refractivity contribution is 5.99. The Hall–Kier alpha value is -2.56. The zero-order valence-electron chi connectivity index (χ0n) is 13.2. The van der Waals surface area contributed by atoms with Crippen LogP contribution < -0.4 is 10.1 Å². The van der Waals surface area contributed by atoms with Crippen molar-refractivity contribution in [2.45, 2.75) is 31.9 Å². The van der Waals surface area contributed by atoms with Crippen molar-refractivity contribution < 1.29 is 19.1 Å². The summed E-state index contributed by atoms with van der Waals surface area (Å²) in [5, 5.41) is 4.71. The minimum atomic E-state index is -0.834. The number of esters is 1. The van der Waals surface area contributed by atoms with Gasteiger partial charge < -0.3 is 14.8 Å². The fourth-order valence-electron chi connectivity index (χ4n) is 2.37. The van der Waals surface area contributed by atoms with E-state index in [1.54, 1.807) is 19.1 Å². The van der Waals surface area contributed by atoms with Gasteiger partial charge in [0.2, 0.25) is 0 Å². The fraction of sp³-hybridized carbons (Fsp3) is 0.333. The van der Waals surface area contributed by atoms with Crippen LogP contribution in [0.2, 0.25) is 0 Å². The van der Waals surface area contributed by atoms with Crippen molar-refractivity contribution in [3.05, 3.63) is 42.0 Å². The summed E-state index contributed by atoms with van der Waals surface area (Å²) in [4.78, 5) is 24.3. The summed E-state index contributed by atoms with van der Waals surface area (Å²) >= 11 is 0. The van der Waals surface area contributed by atoms with E-state index in [0.717, 1.165) is 23.6 Å². The van der Waals surface area contributed by atoms with Gasteiger partial charge >= 0.3 is 5.97 Å². The number of methoxy groups -OCH3 is 1. The molecule has 0 radical (unpaired) electrons. The third-order valence-electron chi connectivity index (χ3n) is 3.86. The molecule has 0 aliphatic heterocycles. The van der Waals surface area contributed by atoms with Crippen LogP contribution in [0.1, 0.15) is 30.1 Å². The van der Waals surface area contributed by atoms with Crippen molar-refractivity contribution in [3.8, 4) is 5.75 Å². The van der Waals surface area contributed by atoms with Crippen molar-refractivity contribution >= 4 is 22.6 Å². The Kier molecular flexibility index (Phi) is 4.19. The largest absolute Gasteiger partial charge is 0.496 e. The van der Waals surface area contributed by atoms with Crippen molar-refractivity contribution in [1.82, 2.24) is 5.32 Å². The topological polar surface area (TPSA) is 64.6 Å². The maximum atomic E-state index is 12.4. The molecule has 1 aliphatic rings. The lowest BCUT2D eigenvalue weighted by atomic mass is 10.1. The second-order valence-electron chi connectivity index (χ2n) is 5.73. The zero-order chi connectivity index (χ0) is 16.4. The molecule has 2 aromatic rings. The van der Waals surface area contributed by atoms with Gasteiger partial charge in [-0.1, -0.05) is 24.3 Å². The molecule has 0 heterocycles. The normalized spacial score (nSPS) is 15.0. The van der Waals surface area contributed by atoms with Gasteiger partial charge in [0.25, 0.3) is 5.91 Å². The summed E-state index contributed by atoms with van der Waals surface area (Å²) in [7, 11) is 1.50. The number of carbonyl (C=O) groups is 2. The molecule has 3 rings (SSSR count). The van der Waals surface area contributed by atoms with Gasteiger partial charge in [0.05, 0.1) is 7.11 Å². The van der Waals surface area contributed by atoms with Crippen LogP contribution in [-0.2, 0) is 9.53 Å². The average Bonchev–Trinajstić information content (AvgIpc) is 3.37. The molecule has 5 heteroatoms. The van der Waals surface area contributed by atoms with Crippen LogP contribution in [0.3, 0.4) is 0 Å². The van der Waals surface area contributed by atoms with E-state index in [9.17, 15) is 9.59 Å². The highest BCUT2D eigenvalue weighted by Gasteiger charge is 2.28. The molecule has 1 atom stereocenters. The minimum absolute atomic E-state index is 0.235. The highest BCUT2D eigenvalue weighted by atomic mass is 16.5.